The van der Waals surface area contributed by atoms with Gasteiger partial charge in [-0.25, -0.2) is 8.78 Å². The van der Waals surface area contributed by atoms with E-state index in [0.717, 1.165) is 34.6 Å². The number of halogens is 2. The molecule has 0 aromatic heterocycles. The van der Waals surface area contributed by atoms with Gasteiger partial charge in [-0.1, -0.05) is 50.2 Å². The molecule has 0 atom stereocenters. The highest BCUT2D eigenvalue weighted by Gasteiger charge is 2.38. The number of fused-ring (bicyclic) bond motifs is 3. The van der Waals surface area contributed by atoms with Gasteiger partial charge in [-0.05, 0) is 47.5 Å². The van der Waals surface area contributed by atoms with Crippen LogP contribution in [0.4, 0.5) is 25.8 Å². The molecule has 4 aromatic carbocycles. The number of anilines is 3. The van der Waals surface area contributed by atoms with Crippen LogP contribution in [0.15, 0.2) is 78.4 Å². The average molecular weight is 538 g/mol. The van der Waals surface area contributed by atoms with Crippen molar-refractivity contribution in [2.24, 2.45) is 0 Å². The molecule has 5 nitrogen and oxygen atoms in total. The van der Waals surface area contributed by atoms with Crippen molar-refractivity contribution in [2.75, 3.05) is 19.1 Å². The van der Waals surface area contributed by atoms with E-state index < -0.39 is 23.2 Å². The van der Waals surface area contributed by atoms with Crippen molar-refractivity contribution in [2.45, 2.75) is 19.3 Å². The molecule has 0 unspecified atom stereocenters. The van der Waals surface area contributed by atoms with Gasteiger partial charge in [0.1, 0.15) is 11.5 Å². The van der Waals surface area contributed by atoms with Crippen LogP contribution in [0, 0.1) is 11.6 Å². The number of rotatable bonds is 4. The number of carbonyl (C=O) groups excluding carboxylic acids is 2. The third-order valence-corrected chi connectivity index (χ3v) is 7.75. The molecule has 6 rings (SSSR count). The quantitative estimate of drug-likeness (QED) is 0.199. The van der Waals surface area contributed by atoms with Crippen LogP contribution >= 0.6 is 0 Å². The van der Waals surface area contributed by atoms with Gasteiger partial charge in [-0.2, -0.15) is 0 Å². The average Bonchev–Trinajstić information content (AvgIpc) is 3.17. The molecule has 1 aliphatic carbocycles. The number of ether oxygens (including phenoxy) is 2. The zero-order chi connectivity index (χ0) is 28.3. The Balaban J connectivity index is 1.53. The Hall–Kier alpha value is -4.78. The number of carbonyl (C=O) groups is 2. The summed E-state index contributed by atoms with van der Waals surface area (Å²) in [6.07, 6.45) is 1.38. The van der Waals surface area contributed by atoms with Crippen LogP contribution in [0.5, 0.6) is 11.5 Å². The summed E-state index contributed by atoms with van der Waals surface area (Å²) in [4.78, 5) is 28.2. The Morgan fingerprint density at radius 1 is 0.700 bits per heavy atom. The molecular formula is C33H25F2NO4. The van der Waals surface area contributed by atoms with Crippen molar-refractivity contribution >= 4 is 34.7 Å². The van der Waals surface area contributed by atoms with Gasteiger partial charge in [0, 0.05) is 28.2 Å². The SMILES string of the molecule is COc1cc(N2c3ccccc3C(C)(C)c3ccccc32)c(OC)cc1C=C1C(=O)c2cc(F)c(F)cc2C1=O. The van der Waals surface area contributed by atoms with Crippen molar-refractivity contribution < 1.29 is 27.8 Å². The lowest BCUT2D eigenvalue weighted by atomic mass is 9.73. The monoisotopic (exact) mass is 537 g/mol. The molecule has 0 N–H and O–H groups in total. The molecule has 0 spiro atoms. The second kappa shape index (κ2) is 9.16. The molecule has 4 aromatic rings. The van der Waals surface area contributed by atoms with Crippen LogP contribution in [0.25, 0.3) is 6.08 Å². The molecule has 2 aliphatic rings. The number of hydrogen-bond acceptors (Lipinski definition) is 5. The molecule has 7 heteroatoms. The van der Waals surface area contributed by atoms with E-state index in [1.807, 2.05) is 24.3 Å². The first-order valence-corrected chi connectivity index (χ1v) is 12.7. The third-order valence-electron chi connectivity index (χ3n) is 7.75. The Bertz CT molecular complexity index is 1680. The normalized spacial score (nSPS) is 14.9. The van der Waals surface area contributed by atoms with E-state index in [0.29, 0.717) is 22.7 Å². The molecule has 1 aliphatic heterocycles. The lowest BCUT2D eigenvalue weighted by Gasteiger charge is -2.42. The molecule has 0 fully saturated rings. The Morgan fingerprint density at radius 2 is 1.20 bits per heavy atom. The summed E-state index contributed by atoms with van der Waals surface area (Å²) in [6, 6.07) is 21.4. The second-order valence-electron chi connectivity index (χ2n) is 10.3. The third kappa shape index (κ3) is 3.65. The Morgan fingerprint density at radius 3 is 1.70 bits per heavy atom. The van der Waals surface area contributed by atoms with Gasteiger partial charge < -0.3 is 14.4 Å². The molecule has 40 heavy (non-hydrogen) atoms. The topological polar surface area (TPSA) is 55.8 Å². The second-order valence-corrected chi connectivity index (χ2v) is 10.3. The zero-order valence-electron chi connectivity index (χ0n) is 22.3. The number of allylic oxidation sites excluding steroid dienone is 1. The van der Waals surface area contributed by atoms with Crippen molar-refractivity contribution in [3.8, 4) is 11.5 Å². The first-order valence-electron chi connectivity index (χ1n) is 12.7. The summed E-state index contributed by atoms with van der Waals surface area (Å²) in [7, 11) is 3.04. The standard InChI is InChI=1S/C33H25F2NO4/c1-33(2)22-9-5-7-11-26(22)36(27-12-8-6-10-23(27)33)28-17-29(39-3)18(14-30(28)40-4)13-21-31(37)19-15-24(34)25(35)16-20(19)32(21)38/h5-17H,1-4H3. The minimum atomic E-state index is -1.19. The van der Waals surface area contributed by atoms with Crippen LogP contribution in [0.2, 0.25) is 0 Å². The molecule has 0 saturated heterocycles. The van der Waals surface area contributed by atoms with E-state index in [2.05, 4.69) is 43.0 Å². The molecular weight excluding hydrogens is 512 g/mol. The fraction of sp³-hybridized carbons (Fsp3) is 0.152. The van der Waals surface area contributed by atoms with E-state index >= 15 is 0 Å². The summed E-state index contributed by atoms with van der Waals surface area (Å²) in [5.41, 5.74) is 4.58. The summed E-state index contributed by atoms with van der Waals surface area (Å²) < 4.78 is 39.2. The van der Waals surface area contributed by atoms with Gasteiger partial charge in [0.2, 0.25) is 0 Å². The van der Waals surface area contributed by atoms with Crippen molar-refractivity contribution in [1.29, 1.82) is 0 Å². The predicted molar refractivity (Wildman–Crippen MR) is 149 cm³/mol. The van der Waals surface area contributed by atoms with Gasteiger partial charge in [0.05, 0.1) is 36.9 Å². The number of para-hydroxylation sites is 2. The maximum Gasteiger partial charge on any atom is 0.197 e. The summed E-state index contributed by atoms with van der Waals surface area (Å²) in [5.74, 6) is -2.86. The smallest absolute Gasteiger partial charge is 0.197 e. The van der Waals surface area contributed by atoms with Crippen molar-refractivity contribution in [1.82, 2.24) is 0 Å². The van der Waals surface area contributed by atoms with Gasteiger partial charge in [-0.3, -0.25) is 9.59 Å². The molecule has 0 amide bonds. The number of benzene rings is 4. The molecule has 0 bridgehead atoms. The number of Topliss-reactive ketones (excluding diaryl/α,β-unsaturated/α-hetero) is 2. The highest BCUT2D eigenvalue weighted by Crippen LogP contribution is 2.54. The largest absolute Gasteiger partial charge is 0.496 e. The summed E-state index contributed by atoms with van der Waals surface area (Å²) in [6.45, 7) is 4.39. The fourth-order valence-electron chi connectivity index (χ4n) is 5.72. The van der Waals surface area contributed by atoms with E-state index in [1.54, 1.807) is 19.2 Å². The highest BCUT2D eigenvalue weighted by molar-refractivity contribution is 6.41. The van der Waals surface area contributed by atoms with E-state index in [9.17, 15) is 18.4 Å². The summed E-state index contributed by atoms with van der Waals surface area (Å²) in [5, 5.41) is 0. The van der Waals surface area contributed by atoms with E-state index in [-0.39, 0.29) is 22.1 Å². The van der Waals surface area contributed by atoms with Gasteiger partial charge >= 0.3 is 0 Å². The van der Waals surface area contributed by atoms with Crippen LogP contribution < -0.4 is 14.4 Å². The lowest BCUT2D eigenvalue weighted by Crippen LogP contribution is -2.30. The number of hydrogen-bond donors (Lipinski definition) is 0. The lowest BCUT2D eigenvalue weighted by molar-refractivity contribution is 0.0990. The van der Waals surface area contributed by atoms with Crippen LogP contribution in [-0.2, 0) is 5.41 Å². The Labute approximate surface area is 230 Å². The first-order chi connectivity index (χ1) is 19.2. The number of nitrogens with zero attached hydrogens (tertiary/aromatic N) is 1. The molecule has 0 radical (unpaired) electrons. The zero-order valence-corrected chi connectivity index (χ0v) is 22.3. The van der Waals surface area contributed by atoms with Gasteiger partial charge in [0.25, 0.3) is 0 Å². The Kier molecular flexibility index (Phi) is 5.84. The maximum absolute atomic E-state index is 13.8. The molecule has 200 valence electrons. The summed E-state index contributed by atoms with van der Waals surface area (Å²) >= 11 is 0. The maximum atomic E-state index is 13.8. The number of ketones is 2. The molecule has 0 saturated carbocycles. The van der Waals surface area contributed by atoms with Crippen LogP contribution in [-0.4, -0.2) is 25.8 Å². The van der Waals surface area contributed by atoms with Crippen molar-refractivity contribution in [3.05, 3.63) is 118 Å². The van der Waals surface area contributed by atoms with E-state index in [4.69, 9.17) is 9.47 Å². The molecule has 1 heterocycles. The van der Waals surface area contributed by atoms with Crippen LogP contribution in [0.1, 0.15) is 51.3 Å². The van der Waals surface area contributed by atoms with Crippen molar-refractivity contribution in [3.63, 3.8) is 0 Å². The first kappa shape index (κ1) is 25.5. The van der Waals surface area contributed by atoms with Gasteiger partial charge in [-0.15, -0.1) is 0 Å². The minimum Gasteiger partial charge on any atom is -0.496 e. The number of methoxy groups -OCH3 is 2. The minimum absolute atomic E-state index is 0.165. The van der Waals surface area contributed by atoms with Crippen LogP contribution in [0.3, 0.4) is 0 Å². The van der Waals surface area contributed by atoms with E-state index in [1.165, 1.54) is 13.2 Å². The highest BCUT2D eigenvalue weighted by atomic mass is 19.2. The fourth-order valence-corrected chi connectivity index (χ4v) is 5.72. The van der Waals surface area contributed by atoms with Gasteiger partial charge in [0.15, 0.2) is 23.2 Å². The predicted octanol–water partition coefficient (Wildman–Crippen LogP) is 7.55.